The molecular weight excluding hydrogens is 242 g/mol. The van der Waals surface area contributed by atoms with E-state index < -0.39 is 0 Å². The molecule has 1 aromatic heterocycles. The van der Waals surface area contributed by atoms with Gasteiger partial charge in [-0.1, -0.05) is 11.8 Å². The highest BCUT2D eigenvalue weighted by atomic mass is 16.5. The van der Waals surface area contributed by atoms with Gasteiger partial charge in [-0.2, -0.15) is 0 Å². The van der Waals surface area contributed by atoms with Gasteiger partial charge in [0.15, 0.2) is 0 Å². The van der Waals surface area contributed by atoms with Crippen LogP contribution in [0.3, 0.4) is 0 Å². The number of aromatic nitrogens is 1. The van der Waals surface area contributed by atoms with Gasteiger partial charge in [0.05, 0.1) is 6.54 Å². The van der Waals surface area contributed by atoms with E-state index in [0.717, 1.165) is 12.0 Å². The number of amides is 1. The lowest BCUT2D eigenvalue weighted by molar-refractivity contribution is 0.0773. The molecule has 5 heteroatoms. The summed E-state index contributed by atoms with van der Waals surface area (Å²) in [4.78, 5) is 17.8. The number of nitrogens with two attached hydrogens (primary N) is 1. The van der Waals surface area contributed by atoms with Crippen molar-refractivity contribution in [3.63, 3.8) is 0 Å². The summed E-state index contributed by atoms with van der Waals surface area (Å²) in [5.41, 5.74) is 6.46. The van der Waals surface area contributed by atoms with Crippen LogP contribution in [0.2, 0.25) is 0 Å². The molecule has 0 radical (unpaired) electrons. The molecule has 0 unspecified atom stereocenters. The van der Waals surface area contributed by atoms with Gasteiger partial charge in [0.2, 0.25) is 0 Å². The van der Waals surface area contributed by atoms with Crippen molar-refractivity contribution in [1.82, 2.24) is 9.88 Å². The monoisotopic (exact) mass is 261 g/mol. The Balaban J connectivity index is 2.61. The lowest BCUT2D eigenvalue weighted by Gasteiger charge is -2.16. The molecule has 2 N–H and O–H groups in total. The quantitative estimate of drug-likeness (QED) is 0.619. The average molecular weight is 261 g/mol. The second-order valence-electron chi connectivity index (χ2n) is 4.01. The Morgan fingerprint density at radius 1 is 1.53 bits per heavy atom. The maximum absolute atomic E-state index is 12.0. The predicted octanol–water partition coefficient (Wildman–Crippen LogP) is 0.500. The predicted molar refractivity (Wildman–Crippen MR) is 73.6 cm³/mol. The molecule has 0 fully saturated rings. The number of methoxy groups -OCH3 is 1. The van der Waals surface area contributed by atoms with Crippen LogP contribution in [0.25, 0.3) is 0 Å². The zero-order chi connectivity index (χ0) is 14.1. The third-order valence-corrected chi connectivity index (χ3v) is 2.51. The highest BCUT2D eigenvalue weighted by Crippen LogP contribution is 2.03. The molecular formula is C14H19N3O2. The van der Waals surface area contributed by atoms with Crippen LogP contribution in [0, 0.1) is 11.8 Å². The number of carbonyl (C=O) groups excluding carboxylic acids is 1. The number of hydrogen-bond acceptors (Lipinski definition) is 4. The van der Waals surface area contributed by atoms with E-state index in [1.54, 1.807) is 37.4 Å². The summed E-state index contributed by atoms with van der Waals surface area (Å²) in [6.07, 6.45) is 2.39. The Morgan fingerprint density at radius 3 is 2.89 bits per heavy atom. The van der Waals surface area contributed by atoms with E-state index in [2.05, 4.69) is 16.8 Å². The van der Waals surface area contributed by atoms with Crippen molar-refractivity contribution in [2.24, 2.45) is 5.73 Å². The normalized spacial score (nSPS) is 9.63. The van der Waals surface area contributed by atoms with Crippen LogP contribution < -0.4 is 5.73 Å². The summed E-state index contributed by atoms with van der Waals surface area (Å²) in [5, 5.41) is 0. The minimum absolute atomic E-state index is 0.102. The zero-order valence-electron chi connectivity index (χ0n) is 11.3. The molecule has 0 atom stereocenters. The maximum atomic E-state index is 12.0. The number of nitrogens with zero attached hydrogens (tertiary/aromatic N) is 2. The summed E-state index contributed by atoms with van der Waals surface area (Å²) in [7, 11) is 3.40. The van der Waals surface area contributed by atoms with E-state index >= 15 is 0 Å². The van der Waals surface area contributed by atoms with Crippen molar-refractivity contribution >= 4 is 5.91 Å². The molecule has 0 aliphatic heterocycles. The van der Waals surface area contributed by atoms with Crippen molar-refractivity contribution in [3.8, 4) is 11.8 Å². The number of rotatable bonds is 5. The second-order valence-corrected chi connectivity index (χ2v) is 4.01. The van der Waals surface area contributed by atoms with E-state index in [1.807, 2.05) is 0 Å². The summed E-state index contributed by atoms with van der Waals surface area (Å²) < 4.78 is 4.95. The topological polar surface area (TPSA) is 68.5 Å². The van der Waals surface area contributed by atoms with Gasteiger partial charge >= 0.3 is 0 Å². The fraction of sp³-hybridized carbons (Fsp3) is 0.429. The summed E-state index contributed by atoms with van der Waals surface area (Å²) in [6, 6.07) is 3.45. The van der Waals surface area contributed by atoms with E-state index in [1.165, 1.54) is 0 Å². The lowest BCUT2D eigenvalue weighted by atomic mass is 10.2. The van der Waals surface area contributed by atoms with Crippen molar-refractivity contribution in [1.29, 1.82) is 0 Å². The molecule has 0 aliphatic rings. The summed E-state index contributed by atoms with van der Waals surface area (Å²) in [5.74, 6) is 5.50. The fourth-order valence-corrected chi connectivity index (χ4v) is 1.49. The van der Waals surface area contributed by atoms with Gasteiger partial charge in [-0.05, 0) is 18.6 Å². The molecule has 0 saturated carbocycles. The van der Waals surface area contributed by atoms with Crippen molar-refractivity contribution in [2.75, 3.05) is 33.9 Å². The van der Waals surface area contributed by atoms with Gasteiger partial charge in [0, 0.05) is 39.1 Å². The van der Waals surface area contributed by atoms with Gasteiger partial charge in [0.25, 0.3) is 5.91 Å². The van der Waals surface area contributed by atoms with Crippen LogP contribution >= 0.6 is 0 Å². The molecule has 1 aromatic rings. The Hall–Kier alpha value is -1.90. The Bertz CT molecular complexity index is 460. The van der Waals surface area contributed by atoms with Gasteiger partial charge in [0.1, 0.15) is 5.69 Å². The van der Waals surface area contributed by atoms with Gasteiger partial charge in [-0.25, -0.2) is 4.98 Å². The molecule has 0 aliphatic carbocycles. The molecule has 1 amide bonds. The highest BCUT2D eigenvalue weighted by molar-refractivity contribution is 5.92. The Morgan fingerprint density at radius 2 is 2.32 bits per heavy atom. The van der Waals surface area contributed by atoms with E-state index in [9.17, 15) is 4.79 Å². The highest BCUT2D eigenvalue weighted by Gasteiger charge is 2.12. The molecule has 19 heavy (non-hydrogen) atoms. The molecule has 1 heterocycles. The first-order valence-electron chi connectivity index (χ1n) is 6.08. The van der Waals surface area contributed by atoms with Gasteiger partial charge < -0.3 is 15.4 Å². The first-order chi connectivity index (χ1) is 9.19. The van der Waals surface area contributed by atoms with Crippen LogP contribution in [0.15, 0.2) is 18.3 Å². The van der Waals surface area contributed by atoms with E-state index in [4.69, 9.17) is 10.5 Å². The third kappa shape index (κ3) is 5.08. The van der Waals surface area contributed by atoms with Crippen LogP contribution in [0.1, 0.15) is 22.5 Å². The van der Waals surface area contributed by atoms with Crippen LogP contribution in [-0.4, -0.2) is 49.6 Å². The van der Waals surface area contributed by atoms with Crippen LogP contribution in [0.4, 0.5) is 0 Å². The number of carbonyl (C=O) groups is 1. The third-order valence-electron chi connectivity index (χ3n) is 2.51. The Labute approximate surface area is 113 Å². The lowest BCUT2D eigenvalue weighted by Crippen LogP contribution is -2.29. The largest absolute Gasteiger partial charge is 0.385 e. The first-order valence-corrected chi connectivity index (χ1v) is 6.08. The first kappa shape index (κ1) is 15.2. The van der Waals surface area contributed by atoms with Crippen LogP contribution in [-0.2, 0) is 4.74 Å². The molecule has 5 nitrogen and oxygen atoms in total. The molecule has 1 rings (SSSR count). The van der Waals surface area contributed by atoms with Gasteiger partial charge in [-0.15, -0.1) is 0 Å². The van der Waals surface area contributed by atoms with E-state index in [-0.39, 0.29) is 5.91 Å². The SMILES string of the molecule is COCCCN(C)C(=O)c1ccc(C#CCN)cn1. The Kier molecular flexibility index (Phi) is 6.58. The van der Waals surface area contributed by atoms with Gasteiger partial charge in [-0.3, -0.25) is 4.79 Å². The van der Waals surface area contributed by atoms with Crippen molar-refractivity contribution in [3.05, 3.63) is 29.6 Å². The summed E-state index contributed by atoms with van der Waals surface area (Å²) >= 11 is 0. The molecule has 0 bridgehead atoms. The number of ether oxygens (including phenoxy) is 1. The number of hydrogen-bond donors (Lipinski definition) is 1. The molecule has 0 spiro atoms. The van der Waals surface area contributed by atoms with Crippen molar-refractivity contribution < 1.29 is 9.53 Å². The molecule has 0 saturated heterocycles. The average Bonchev–Trinajstić information content (AvgIpc) is 2.45. The maximum Gasteiger partial charge on any atom is 0.272 e. The second kappa shape index (κ2) is 8.25. The molecule has 102 valence electrons. The fourth-order valence-electron chi connectivity index (χ4n) is 1.49. The minimum atomic E-state index is -0.102. The van der Waals surface area contributed by atoms with Crippen LogP contribution in [0.5, 0.6) is 0 Å². The van der Waals surface area contributed by atoms with Crippen molar-refractivity contribution in [2.45, 2.75) is 6.42 Å². The molecule has 0 aromatic carbocycles. The smallest absolute Gasteiger partial charge is 0.272 e. The number of pyridine rings is 1. The summed E-state index contributed by atoms with van der Waals surface area (Å²) in [6.45, 7) is 1.59. The van der Waals surface area contributed by atoms with E-state index in [0.29, 0.717) is 25.4 Å². The zero-order valence-corrected chi connectivity index (χ0v) is 11.3. The minimum Gasteiger partial charge on any atom is -0.385 e. The standard InChI is InChI=1S/C14H19N3O2/c1-17(9-4-10-19-2)14(18)13-7-6-12(11-16-13)5-3-8-15/h6-7,11H,4,8-10,15H2,1-2H3.